The van der Waals surface area contributed by atoms with Crippen molar-refractivity contribution in [2.24, 2.45) is 0 Å². The number of carboxylic acids is 1. The number of imidazole rings is 1. The predicted octanol–water partition coefficient (Wildman–Crippen LogP) is 4.61. The summed E-state index contributed by atoms with van der Waals surface area (Å²) in [6.07, 6.45) is -1.06. The minimum Gasteiger partial charge on any atom is -0.475 e. The molecular formula is C28H27F3N4O4. The Morgan fingerprint density at radius 3 is 2.41 bits per heavy atom. The molecule has 0 fully saturated rings. The lowest BCUT2D eigenvalue weighted by Gasteiger charge is -2.32. The van der Waals surface area contributed by atoms with Crippen LogP contribution in [0.4, 0.5) is 18.9 Å². The summed E-state index contributed by atoms with van der Waals surface area (Å²) < 4.78 is 31.7. The van der Waals surface area contributed by atoms with Crippen molar-refractivity contribution in [3.8, 4) is 0 Å². The molecule has 1 unspecified atom stereocenters. The van der Waals surface area contributed by atoms with Crippen LogP contribution in [0.25, 0.3) is 10.8 Å². The molecule has 5 rings (SSSR count). The Labute approximate surface area is 222 Å². The fraction of sp³-hybridized carbons (Fsp3) is 0.250. The van der Waals surface area contributed by atoms with E-state index >= 15 is 0 Å². The largest absolute Gasteiger partial charge is 0.490 e. The highest BCUT2D eigenvalue weighted by atomic mass is 19.4. The number of nitrogens with zero attached hydrogens (tertiary/aromatic N) is 3. The van der Waals surface area contributed by atoms with Gasteiger partial charge >= 0.3 is 12.1 Å². The van der Waals surface area contributed by atoms with Gasteiger partial charge in [-0.15, -0.1) is 0 Å². The van der Waals surface area contributed by atoms with Crippen LogP contribution in [-0.4, -0.2) is 62.3 Å². The van der Waals surface area contributed by atoms with Crippen LogP contribution in [-0.2, 0) is 17.9 Å². The first-order chi connectivity index (χ1) is 18.7. The number of aromatic amines is 1. The molecule has 1 aliphatic rings. The minimum atomic E-state index is -5.08. The molecule has 3 N–H and O–H groups in total. The highest BCUT2D eigenvalue weighted by Gasteiger charge is 2.38. The van der Waals surface area contributed by atoms with E-state index in [1.54, 1.807) is 6.33 Å². The zero-order valence-corrected chi connectivity index (χ0v) is 20.8. The van der Waals surface area contributed by atoms with Gasteiger partial charge in [0.1, 0.15) is 0 Å². The Kier molecular flexibility index (Phi) is 8.50. The number of anilines is 1. The SMILES string of the molecule is O=C(O)C(F)(F)F.O=C(c1cccc2ccccc12)N1Cc2ccccc2N(Cc2cnc[nH]2)CC1CCO. The van der Waals surface area contributed by atoms with Gasteiger partial charge in [-0.25, -0.2) is 9.78 Å². The number of rotatable bonds is 5. The van der Waals surface area contributed by atoms with Crippen molar-refractivity contribution in [1.29, 1.82) is 0 Å². The number of alkyl halides is 3. The lowest BCUT2D eigenvalue weighted by Crippen LogP contribution is -2.45. The third kappa shape index (κ3) is 6.55. The molecule has 1 aliphatic heterocycles. The maximum atomic E-state index is 13.9. The maximum Gasteiger partial charge on any atom is 0.490 e. The second kappa shape index (κ2) is 12.0. The number of H-pyrrole nitrogens is 1. The van der Waals surface area contributed by atoms with Crippen molar-refractivity contribution in [1.82, 2.24) is 14.9 Å². The number of carboxylic acid groups (broad SMARTS) is 1. The fourth-order valence-electron chi connectivity index (χ4n) is 4.64. The molecule has 0 saturated heterocycles. The van der Waals surface area contributed by atoms with Gasteiger partial charge in [0, 0.05) is 37.1 Å². The molecule has 0 radical (unpaired) electrons. The van der Waals surface area contributed by atoms with Crippen molar-refractivity contribution in [3.63, 3.8) is 0 Å². The Morgan fingerprint density at radius 2 is 1.72 bits per heavy atom. The standard InChI is InChI=1S/C26H26N4O2.C2HF3O2/c31-13-12-22-17-29(16-21-14-27-18-28-21)25-11-4-2-7-20(25)15-30(22)26(32)24-10-5-8-19-6-1-3-9-23(19)24;3-2(4,5)1(6)7/h1-11,14,18,22,31H,12-13,15-17H2,(H,27,28);(H,6,7). The number of fused-ring (bicyclic) bond motifs is 2. The molecule has 3 aromatic carbocycles. The minimum absolute atomic E-state index is 0.00144. The third-order valence-electron chi connectivity index (χ3n) is 6.45. The molecule has 2 heterocycles. The molecule has 39 heavy (non-hydrogen) atoms. The van der Waals surface area contributed by atoms with Crippen LogP contribution in [0.1, 0.15) is 28.0 Å². The van der Waals surface area contributed by atoms with E-state index in [-0.39, 0.29) is 18.6 Å². The van der Waals surface area contributed by atoms with Crippen LogP contribution in [0.3, 0.4) is 0 Å². The molecule has 0 aliphatic carbocycles. The van der Waals surface area contributed by atoms with Crippen LogP contribution >= 0.6 is 0 Å². The van der Waals surface area contributed by atoms with Crippen molar-refractivity contribution in [3.05, 3.63) is 96.1 Å². The highest BCUT2D eigenvalue weighted by Crippen LogP contribution is 2.31. The number of amides is 1. The molecule has 11 heteroatoms. The number of halogens is 3. The van der Waals surface area contributed by atoms with Crippen LogP contribution in [0, 0.1) is 0 Å². The number of carbonyl (C=O) groups excluding carboxylic acids is 1. The number of nitrogens with one attached hydrogen (secondary N) is 1. The van der Waals surface area contributed by atoms with Crippen LogP contribution in [0.5, 0.6) is 0 Å². The van der Waals surface area contributed by atoms with Gasteiger partial charge in [0.2, 0.25) is 0 Å². The molecular weight excluding hydrogens is 513 g/mol. The zero-order chi connectivity index (χ0) is 28.0. The summed E-state index contributed by atoms with van der Waals surface area (Å²) in [6.45, 7) is 1.82. The van der Waals surface area contributed by atoms with E-state index in [0.717, 1.165) is 27.7 Å². The summed E-state index contributed by atoms with van der Waals surface area (Å²) >= 11 is 0. The average molecular weight is 541 g/mol. The van der Waals surface area contributed by atoms with E-state index in [9.17, 15) is 23.1 Å². The smallest absolute Gasteiger partial charge is 0.475 e. The first-order valence-electron chi connectivity index (χ1n) is 12.2. The summed E-state index contributed by atoms with van der Waals surface area (Å²) in [5, 5.41) is 19.0. The van der Waals surface area contributed by atoms with Gasteiger partial charge in [0.15, 0.2) is 0 Å². The summed E-state index contributed by atoms with van der Waals surface area (Å²) in [6, 6.07) is 22.0. The van der Waals surface area contributed by atoms with Gasteiger partial charge in [-0.1, -0.05) is 54.6 Å². The molecule has 4 aromatic rings. The first kappa shape index (κ1) is 27.6. The number of aliphatic hydroxyl groups excluding tert-OH is 1. The quantitative estimate of drug-likeness (QED) is 0.341. The van der Waals surface area contributed by atoms with Gasteiger partial charge in [-0.3, -0.25) is 4.79 Å². The number of benzene rings is 3. The lowest BCUT2D eigenvalue weighted by molar-refractivity contribution is -0.192. The third-order valence-corrected chi connectivity index (χ3v) is 6.45. The summed E-state index contributed by atoms with van der Waals surface area (Å²) in [5.41, 5.74) is 3.92. The van der Waals surface area contributed by atoms with Crippen molar-refractivity contribution >= 4 is 28.3 Å². The molecule has 204 valence electrons. The lowest BCUT2D eigenvalue weighted by atomic mass is 10.0. The monoisotopic (exact) mass is 540 g/mol. The van der Waals surface area contributed by atoms with E-state index in [0.29, 0.717) is 31.6 Å². The number of aliphatic carboxylic acids is 1. The molecule has 0 saturated carbocycles. The van der Waals surface area contributed by atoms with Gasteiger partial charge in [0.05, 0.1) is 24.6 Å². The normalized spacial score (nSPS) is 15.2. The Hall–Kier alpha value is -4.38. The summed E-state index contributed by atoms with van der Waals surface area (Å²) in [7, 11) is 0. The zero-order valence-electron chi connectivity index (χ0n) is 20.8. The first-order valence-corrected chi connectivity index (χ1v) is 12.2. The fourth-order valence-corrected chi connectivity index (χ4v) is 4.64. The van der Waals surface area contributed by atoms with Gasteiger partial charge < -0.3 is 25.0 Å². The number of hydrogen-bond donors (Lipinski definition) is 3. The summed E-state index contributed by atoms with van der Waals surface area (Å²) in [4.78, 5) is 34.3. The van der Waals surface area contributed by atoms with Crippen molar-refractivity contribution in [2.75, 3.05) is 18.1 Å². The van der Waals surface area contributed by atoms with E-state index in [1.165, 1.54) is 0 Å². The Balaban J connectivity index is 0.000000448. The van der Waals surface area contributed by atoms with Crippen LogP contribution < -0.4 is 4.90 Å². The van der Waals surface area contributed by atoms with Crippen molar-refractivity contribution in [2.45, 2.75) is 31.7 Å². The maximum absolute atomic E-state index is 13.9. The molecule has 0 spiro atoms. The van der Waals surface area contributed by atoms with E-state index < -0.39 is 12.1 Å². The summed E-state index contributed by atoms with van der Waals surface area (Å²) in [5.74, 6) is -2.76. The van der Waals surface area contributed by atoms with Gasteiger partial charge in [-0.05, 0) is 34.9 Å². The highest BCUT2D eigenvalue weighted by molar-refractivity contribution is 6.07. The van der Waals surface area contributed by atoms with Gasteiger partial charge in [-0.2, -0.15) is 13.2 Å². The molecule has 1 atom stereocenters. The molecule has 8 nitrogen and oxygen atoms in total. The van der Waals surface area contributed by atoms with E-state index in [1.807, 2.05) is 65.7 Å². The predicted molar refractivity (Wildman–Crippen MR) is 139 cm³/mol. The number of aliphatic hydroxyl groups is 1. The number of carbonyl (C=O) groups is 2. The number of aromatic nitrogens is 2. The van der Waals surface area contributed by atoms with Crippen molar-refractivity contribution < 1.29 is 33.0 Å². The van der Waals surface area contributed by atoms with Gasteiger partial charge in [0.25, 0.3) is 5.91 Å². The van der Waals surface area contributed by atoms with Crippen LogP contribution in [0.2, 0.25) is 0 Å². The number of para-hydroxylation sites is 1. The van der Waals surface area contributed by atoms with E-state index in [2.05, 4.69) is 27.0 Å². The molecule has 0 bridgehead atoms. The average Bonchev–Trinajstić information content (AvgIpc) is 3.38. The van der Waals surface area contributed by atoms with Crippen LogP contribution in [0.15, 0.2) is 79.3 Å². The molecule has 1 amide bonds. The topological polar surface area (TPSA) is 110 Å². The van der Waals surface area contributed by atoms with E-state index in [4.69, 9.17) is 9.90 Å². The molecule has 1 aromatic heterocycles. The Bertz CT molecular complexity index is 1420. The Morgan fingerprint density at radius 1 is 1.03 bits per heavy atom. The second-order valence-corrected chi connectivity index (χ2v) is 9.01. The number of hydrogen-bond acceptors (Lipinski definition) is 5. The second-order valence-electron chi connectivity index (χ2n) is 9.01.